The van der Waals surface area contributed by atoms with Crippen molar-refractivity contribution in [1.29, 1.82) is 0 Å². The van der Waals surface area contributed by atoms with Crippen LogP contribution in [0.4, 0.5) is 0 Å². The van der Waals surface area contributed by atoms with Crippen molar-refractivity contribution in [3.8, 4) is 5.75 Å². The zero-order valence-electron chi connectivity index (χ0n) is 14.4. The molecule has 1 aromatic rings. The lowest BCUT2D eigenvalue weighted by Gasteiger charge is -2.32. The van der Waals surface area contributed by atoms with Gasteiger partial charge in [0.1, 0.15) is 5.75 Å². The maximum atomic E-state index is 12.3. The number of carbonyl (C=O) groups excluding carboxylic acids is 2. The van der Waals surface area contributed by atoms with E-state index in [0.717, 1.165) is 17.7 Å². The van der Waals surface area contributed by atoms with E-state index in [9.17, 15) is 9.59 Å². The molecule has 0 radical (unpaired) electrons. The third-order valence-electron chi connectivity index (χ3n) is 4.20. The van der Waals surface area contributed by atoms with Crippen LogP contribution in [-0.4, -0.2) is 50.6 Å². The molecule has 0 unspecified atom stereocenters. The van der Waals surface area contributed by atoms with Gasteiger partial charge in [-0.05, 0) is 30.5 Å². The number of carbonyl (C=O) groups is 2. The maximum Gasteiger partial charge on any atom is 0.224 e. The number of nitrogens with zero attached hydrogens (tertiary/aromatic N) is 1. The van der Waals surface area contributed by atoms with Crippen molar-refractivity contribution in [2.75, 3.05) is 33.9 Å². The Morgan fingerprint density at radius 3 is 2.96 bits per heavy atom. The minimum absolute atomic E-state index is 0.0224. The van der Waals surface area contributed by atoms with Gasteiger partial charge >= 0.3 is 0 Å². The summed E-state index contributed by atoms with van der Waals surface area (Å²) < 4.78 is 10.2. The lowest BCUT2D eigenvalue weighted by atomic mass is 9.96. The van der Waals surface area contributed by atoms with Gasteiger partial charge in [0.2, 0.25) is 11.8 Å². The van der Waals surface area contributed by atoms with E-state index in [0.29, 0.717) is 39.1 Å². The Morgan fingerprint density at radius 1 is 1.38 bits per heavy atom. The van der Waals surface area contributed by atoms with Crippen molar-refractivity contribution in [3.63, 3.8) is 0 Å². The second kappa shape index (κ2) is 9.27. The quantitative estimate of drug-likeness (QED) is 0.733. The fourth-order valence-electron chi connectivity index (χ4n) is 2.85. The average molecular weight is 334 g/mol. The number of methoxy groups -OCH3 is 2. The van der Waals surface area contributed by atoms with E-state index in [4.69, 9.17) is 9.47 Å². The summed E-state index contributed by atoms with van der Waals surface area (Å²) in [7, 11) is 3.26. The maximum absolute atomic E-state index is 12.3. The second-order valence-electron chi connectivity index (χ2n) is 6.00. The highest BCUT2D eigenvalue weighted by molar-refractivity contribution is 5.83. The van der Waals surface area contributed by atoms with Crippen molar-refractivity contribution >= 4 is 11.8 Å². The number of hydrogen-bond donors (Lipinski definition) is 1. The third kappa shape index (κ3) is 5.23. The second-order valence-corrected chi connectivity index (χ2v) is 6.00. The average Bonchev–Trinajstić information content (AvgIpc) is 2.60. The molecule has 6 heteroatoms. The number of likely N-dealkylation sites (tertiary alicyclic amines) is 1. The van der Waals surface area contributed by atoms with E-state index < -0.39 is 0 Å². The zero-order chi connectivity index (χ0) is 17.4. The number of hydrogen-bond acceptors (Lipinski definition) is 4. The lowest BCUT2D eigenvalue weighted by Crippen LogP contribution is -2.45. The molecule has 0 spiro atoms. The zero-order valence-corrected chi connectivity index (χ0v) is 14.4. The van der Waals surface area contributed by atoms with Crippen molar-refractivity contribution in [2.45, 2.75) is 25.8 Å². The minimum atomic E-state index is -0.143. The molecular weight excluding hydrogens is 308 g/mol. The normalized spacial score (nSPS) is 17.7. The molecule has 2 amide bonds. The van der Waals surface area contributed by atoms with Crippen LogP contribution in [0.5, 0.6) is 5.75 Å². The molecule has 1 aromatic carbocycles. The molecule has 6 nitrogen and oxygen atoms in total. The van der Waals surface area contributed by atoms with Gasteiger partial charge in [-0.25, -0.2) is 0 Å². The van der Waals surface area contributed by atoms with Crippen LogP contribution >= 0.6 is 0 Å². The summed E-state index contributed by atoms with van der Waals surface area (Å²) in [6, 6.07) is 7.66. The first-order valence-electron chi connectivity index (χ1n) is 8.31. The fourth-order valence-corrected chi connectivity index (χ4v) is 2.85. The molecule has 1 atom stereocenters. The molecular formula is C18H26N2O4. The molecule has 1 saturated heterocycles. The number of ether oxygens (including phenoxy) is 2. The van der Waals surface area contributed by atoms with Crippen LogP contribution in [0, 0.1) is 5.92 Å². The Bertz CT molecular complexity index is 562. The number of piperidine rings is 1. The van der Waals surface area contributed by atoms with Crippen molar-refractivity contribution in [1.82, 2.24) is 10.2 Å². The first kappa shape index (κ1) is 18.3. The van der Waals surface area contributed by atoms with E-state index in [-0.39, 0.29) is 17.7 Å². The van der Waals surface area contributed by atoms with E-state index in [1.807, 2.05) is 24.3 Å². The lowest BCUT2D eigenvalue weighted by molar-refractivity contribution is -0.138. The molecule has 0 saturated carbocycles. The van der Waals surface area contributed by atoms with Gasteiger partial charge in [-0.2, -0.15) is 0 Å². The Morgan fingerprint density at radius 2 is 2.21 bits per heavy atom. The van der Waals surface area contributed by atoms with Gasteiger partial charge in [0.05, 0.1) is 13.0 Å². The van der Waals surface area contributed by atoms with Crippen LogP contribution in [0.15, 0.2) is 24.3 Å². The van der Waals surface area contributed by atoms with Gasteiger partial charge in [0, 0.05) is 39.8 Å². The molecule has 1 aliphatic rings. The summed E-state index contributed by atoms with van der Waals surface area (Å²) in [5.74, 6) is 0.746. The number of amides is 2. The SMILES string of the molecule is COCCCNC(=O)[C@@H]1CCC(=O)N(Cc2cccc(OC)c2)C1. The van der Waals surface area contributed by atoms with Gasteiger partial charge in [-0.3, -0.25) is 9.59 Å². The Balaban J connectivity index is 1.90. The monoisotopic (exact) mass is 334 g/mol. The van der Waals surface area contributed by atoms with Crippen LogP contribution in [0.1, 0.15) is 24.8 Å². The largest absolute Gasteiger partial charge is 0.497 e. The highest BCUT2D eigenvalue weighted by Gasteiger charge is 2.30. The first-order chi connectivity index (χ1) is 11.6. The number of nitrogens with one attached hydrogen (secondary N) is 1. The molecule has 132 valence electrons. The molecule has 1 heterocycles. The highest BCUT2D eigenvalue weighted by atomic mass is 16.5. The fraction of sp³-hybridized carbons (Fsp3) is 0.556. The topological polar surface area (TPSA) is 67.9 Å². The summed E-state index contributed by atoms with van der Waals surface area (Å²) in [6.45, 7) is 2.20. The molecule has 0 aliphatic carbocycles. The molecule has 1 aliphatic heterocycles. The third-order valence-corrected chi connectivity index (χ3v) is 4.20. The summed E-state index contributed by atoms with van der Waals surface area (Å²) in [4.78, 5) is 26.2. The van der Waals surface area contributed by atoms with Crippen molar-refractivity contribution < 1.29 is 19.1 Å². The van der Waals surface area contributed by atoms with E-state index in [1.165, 1.54) is 0 Å². The molecule has 1 N–H and O–H groups in total. The van der Waals surface area contributed by atoms with Gasteiger partial charge in [0.25, 0.3) is 0 Å². The van der Waals surface area contributed by atoms with E-state index in [2.05, 4.69) is 5.32 Å². The summed E-state index contributed by atoms with van der Waals surface area (Å²) in [5, 5.41) is 2.93. The predicted molar refractivity (Wildman–Crippen MR) is 90.6 cm³/mol. The number of rotatable bonds is 8. The Labute approximate surface area is 143 Å². The molecule has 0 bridgehead atoms. The standard InChI is InChI=1S/C18H26N2O4/c1-23-10-4-9-19-18(22)15-7-8-17(21)20(13-15)12-14-5-3-6-16(11-14)24-2/h3,5-6,11,15H,4,7-10,12-13H2,1-2H3,(H,19,22)/t15-/m1/s1. The Hall–Kier alpha value is -2.08. The van der Waals surface area contributed by atoms with Crippen LogP contribution in [0.3, 0.4) is 0 Å². The smallest absolute Gasteiger partial charge is 0.224 e. The highest BCUT2D eigenvalue weighted by Crippen LogP contribution is 2.21. The summed E-state index contributed by atoms with van der Waals surface area (Å²) in [6.07, 6.45) is 1.82. The van der Waals surface area contributed by atoms with Crippen LogP contribution in [0.2, 0.25) is 0 Å². The minimum Gasteiger partial charge on any atom is -0.497 e. The van der Waals surface area contributed by atoms with Crippen molar-refractivity contribution in [2.24, 2.45) is 5.92 Å². The van der Waals surface area contributed by atoms with Crippen LogP contribution in [-0.2, 0) is 20.9 Å². The van der Waals surface area contributed by atoms with Crippen molar-refractivity contribution in [3.05, 3.63) is 29.8 Å². The molecule has 2 rings (SSSR count). The van der Waals surface area contributed by atoms with Crippen LogP contribution < -0.4 is 10.1 Å². The summed E-state index contributed by atoms with van der Waals surface area (Å²) >= 11 is 0. The van der Waals surface area contributed by atoms with E-state index in [1.54, 1.807) is 19.1 Å². The number of benzene rings is 1. The molecule has 1 fully saturated rings. The van der Waals surface area contributed by atoms with Gasteiger partial charge < -0.3 is 19.7 Å². The first-order valence-corrected chi connectivity index (χ1v) is 8.31. The molecule has 0 aromatic heterocycles. The van der Waals surface area contributed by atoms with Gasteiger partial charge in [0.15, 0.2) is 0 Å². The van der Waals surface area contributed by atoms with Gasteiger partial charge in [-0.15, -0.1) is 0 Å². The predicted octanol–water partition coefficient (Wildman–Crippen LogP) is 1.59. The van der Waals surface area contributed by atoms with Gasteiger partial charge in [-0.1, -0.05) is 12.1 Å². The Kier molecular flexibility index (Phi) is 7.06. The summed E-state index contributed by atoms with van der Waals surface area (Å²) in [5.41, 5.74) is 1.00. The van der Waals surface area contributed by atoms with E-state index >= 15 is 0 Å². The van der Waals surface area contributed by atoms with Crippen LogP contribution in [0.25, 0.3) is 0 Å². The molecule has 24 heavy (non-hydrogen) atoms.